The molecule has 1 atom stereocenters. The van der Waals surface area contributed by atoms with Crippen LogP contribution in [0.25, 0.3) is 0 Å². The summed E-state index contributed by atoms with van der Waals surface area (Å²) < 4.78 is 11.0. The molecule has 0 heterocycles. The molecule has 0 N–H and O–H groups in total. The van der Waals surface area contributed by atoms with E-state index in [0.29, 0.717) is 11.5 Å². The lowest BCUT2D eigenvalue weighted by atomic mass is 10.1. The fourth-order valence-electron chi connectivity index (χ4n) is 1.58. The van der Waals surface area contributed by atoms with Crippen LogP contribution in [0.2, 0.25) is 0 Å². The Labute approximate surface area is 101 Å². The van der Waals surface area contributed by atoms with E-state index in [1.54, 1.807) is 13.2 Å². The number of carbonyl (C=O) groups excluding carboxylic acids is 1. The number of para-hydroxylation sites is 1. The molecular formula is C13H17NO3. The van der Waals surface area contributed by atoms with Gasteiger partial charge in [0.25, 0.3) is 0 Å². The summed E-state index contributed by atoms with van der Waals surface area (Å²) in [5.41, 5.74) is 0.814. The van der Waals surface area contributed by atoms with Crippen molar-refractivity contribution in [1.29, 1.82) is 0 Å². The van der Waals surface area contributed by atoms with E-state index in [2.05, 4.69) is 4.99 Å². The number of benzene rings is 1. The minimum Gasteiger partial charge on any atom is -0.492 e. The Bertz CT molecular complexity index is 423. The van der Waals surface area contributed by atoms with Crippen LogP contribution >= 0.6 is 0 Å². The summed E-state index contributed by atoms with van der Waals surface area (Å²) in [6.07, 6.45) is 1.62. The second-order valence-electron chi connectivity index (χ2n) is 3.94. The van der Waals surface area contributed by atoms with Gasteiger partial charge in [0.05, 0.1) is 19.3 Å². The molecule has 92 valence electrons. The first-order valence-electron chi connectivity index (χ1n) is 5.50. The maximum absolute atomic E-state index is 10.3. The smallest absolute Gasteiger partial charge is 0.235 e. The van der Waals surface area contributed by atoms with Crippen LogP contribution in [0.1, 0.15) is 32.4 Å². The Balaban J connectivity index is 3.17. The lowest BCUT2D eigenvalue weighted by molar-refractivity contribution is 0.229. The minimum atomic E-state index is -0.293. The first-order valence-corrected chi connectivity index (χ1v) is 5.50. The molecule has 0 aliphatic carbocycles. The molecule has 0 aliphatic rings. The Morgan fingerprint density at radius 1 is 1.29 bits per heavy atom. The predicted molar refractivity (Wildman–Crippen MR) is 65.3 cm³/mol. The van der Waals surface area contributed by atoms with Crippen molar-refractivity contribution < 1.29 is 14.3 Å². The van der Waals surface area contributed by atoms with Gasteiger partial charge in [0, 0.05) is 5.56 Å². The van der Waals surface area contributed by atoms with Gasteiger partial charge < -0.3 is 9.47 Å². The van der Waals surface area contributed by atoms with E-state index >= 15 is 0 Å². The summed E-state index contributed by atoms with van der Waals surface area (Å²) in [5.74, 6) is 1.28. The normalized spacial score (nSPS) is 11.8. The molecule has 0 aromatic heterocycles. The quantitative estimate of drug-likeness (QED) is 0.582. The molecule has 1 aromatic carbocycles. The highest BCUT2D eigenvalue weighted by Crippen LogP contribution is 2.36. The Morgan fingerprint density at radius 3 is 2.53 bits per heavy atom. The lowest BCUT2D eigenvalue weighted by Gasteiger charge is -2.17. The van der Waals surface area contributed by atoms with Crippen molar-refractivity contribution in [2.75, 3.05) is 7.11 Å². The molecule has 17 heavy (non-hydrogen) atoms. The van der Waals surface area contributed by atoms with Gasteiger partial charge in [0.1, 0.15) is 0 Å². The van der Waals surface area contributed by atoms with Crippen molar-refractivity contribution in [3.8, 4) is 11.5 Å². The molecule has 0 saturated carbocycles. The highest BCUT2D eigenvalue weighted by Gasteiger charge is 2.15. The lowest BCUT2D eigenvalue weighted by Crippen LogP contribution is -2.08. The van der Waals surface area contributed by atoms with Gasteiger partial charge in [-0.1, -0.05) is 12.1 Å². The molecule has 0 fully saturated rings. The fourth-order valence-corrected chi connectivity index (χ4v) is 1.58. The molecular weight excluding hydrogens is 218 g/mol. The number of hydrogen-bond donors (Lipinski definition) is 0. The molecule has 4 heteroatoms. The second kappa shape index (κ2) is 6.06. The molecule has 1 aromatic rings. The van der Waals surface area contributed by atoms with Crippen LogP contribution < -0.4 is 9.47 Å². The van der Waals surface area contributed by atoms with Gasteiger partial charge in [-0.3, -0.25) is 0 Å². The third-order valence-corrected chi connectivity index (χ3v) is 2.27. The maximum Gasteiger partial charge on any atom is 0.235 e. The van der Waals surface area contributed by atoms with E-state index in [0.717, 1.165) is 5.56 Å². The van der Waals surface area contributed by atoms with Gasteiger partial charge in [-0.2, -0.15) is 4.99 Å². The molecule has 0 bridgehead atoms. The number of ether oxygens (including phenoxy) is 2. The van der Waals surface area contributed by atoms with Crippen LogP contribution in [0.15, 0.2) is 23.2 Å². The van der Waals surface area contributed by atoms with Crippen molar-refractivity contribution in [1.82, 2.24) is 0 Å². The minimum absolute atomic E-state index is 0.0593. The van der Waals surface area contributed by atoms with Crippen LogP contribution in [0.3, 0.4) is 0 Å². The molecule has 0 spiro atoms. The maximum atomic E-state index is 10.3. The van der Waals surface area contributed by atoms with E-state index < -0.39 is 0 Å². The van der Waals surface area contributed by atoms with E-state index in [-0.39, 0.29) is 12.1 Å². The van der Waals surface area contributed by atoms with Crippen LogP contribution in [0.5, 0.6) is 11.5 Å². The summed E-state index contributed by atoms with van der Waals surface area (Å²) in [5, 5.41) is 0. The van der Waals surface area contributed by atoms with Crippen molar-refractivity contribution >= 4 is 6.08 Å². The number of isocyanates is 1. The Morgan fingerprint density at radius 2 is 2.00 bits per heavy atom. The Kier molecular flexibility index (Phi) is 4.73. The Hall–Kier alpha value is -1.80. The summed E-state index contributed by atoms with van der Waals surface area (Å²) >= 11 is 0. The van der Waals surface area contributed by atoms with Gasteiger partial charge >= 0.3 is 0 Å². The first-order chi connectivity index (χ1) is 8.10. The van der Waals surface area contributed by atoms with E-state index in [1.807, 2.05) is 39.0 Å². The highest BCUT2D eigenvalue weighted by molar-refractivity contribution is 5.49. The largest absolute Gasteiger partial charge is 0.492 e. The van der Waals surface area contributed by atoms with Gasteiger partial charge in [-0.25, -0.2) is 4.79 Å². The summed E-state index contributed by atoms with van der Waals surface area (Å²) in [7, 11) is 1.57. The van der Waals surface area contributed by atoms with Gasteiger partial charge in [0.15, 0.2) is 11.5 Å². The topological polar surface area (TPSA) is 47.9 Å². The average Bonchev–Trinajstić information content (AvgIpc) is 2.28. The van der Waals surface area contributed by atoms with Crippen LogP contribution in [-0.4, -0.2) is 19.3 Å². The zero-order chi connectivity index (χ0) is 12.8. The van der Waals surface area contributed by atoms with Crippen molar-refractivity contribution in [2.24, 2.45) is 4.99 Å². The molecule has 1 unspecified atom stereocenters. The number of methoxy groups -OCH3 is 1. The number of aliphatic imine (C=N–C) groups is 1. The van der Waals surface area contributed by atoms with Crippen LogP contribution in [0, 0.1) is 0 Å². The van der Waals surface area contributed by atoms with E-state index in [1.165, 1.54) is 0 Å². The van der Waals surface area contributed by atoms with Crippen molar-refractivity contribution in [3.63, 3.8) is 0 Å². The molecule has 0 radical (unpaired) electrons. The fraction of sp³-hybridized carbons (Fsp3) is 0.462. The second-order valence-corrected chi connectivity index (χ2v) is 3.94. The average molecular weight is 235 g/mol. The SMILES string of the molecule is COc1c(OC(C)C)cccc1C(C)N=C=O. The summed E-state index contributed by atoms with van der Waals surface area (Å²) in [6, 6.07) is 5.25. The van der Waals surface area contributed by atoms with Gasteiger partial charge in [0.2, 0.25) is 6.08 Å². The molecule has 0 aliphatic heterocycles. The zero-order valence-corrected chi connectivity index (χ0v) is 10.6. The van der Waals surface area contributed by atoms with E-state index in [9.17, 15) is 4.79 Å². The third kappa shape index (κ3) is 3.33. The molecule has 0 amide bonds. The summed E-state index contributed by atoms with van der Waals surface area (Å²) in [4.78, 5) is 14.0. The molecule has 1 rings (SSSR count). The monoisotopic (exact) mass is 235 g/mol. The van der Waals surface area contributed by atoms with Crippen molar-refractivity contribution in [2.45, 2.75) is 32.9 Å². The number of nitrogens with zero attached hydrogens (tertiary/aromatic N) is 1. The first kappa shape index (κ1) is 13.3. The number of hydrogen-bond acceptors (Lipinski definition) is 4. The van der Waals surface area contributed by atoms with Crippen LogP contribution in [-0.2, 0) is 4.79 Å². The standard InChI is InChI=1S/C13H17NO3/c1-9(2)17-12-7-5-6-11(13(12)16-4)10(3)14-8-15/h5-7,9-10H,1-4H3. The molecule has 0 saturated heterocycles. The zero-order valence-electron chi connectivity index (χ0n) is 10.6. The van der Waals surface area contributed by atoms with Crippen LogP contribution in [0.4, 0.5) is 0 Å². The van der Waals surface area contributed by atoms with Gasteiger partial charge in [-0.15, -0.1) is 0 Å². The van der Waals surface area contributed by atoms with Crippen molar-refractivity contribution in [3.05, 3.63) is 23.8 Å². The van der Waals surface area contributed by atoms with E-state index in [4.69, 9.17) is 9.47 Å². The number of rotatable bonds is 5. The summed E-state index contributed by atoms with van der Waals surface area (Å²) in [6.45, 7) is 5.69. The van der Waals surface area contributed by atoms with Gasteiger partial charge in [-0.05, 0) is 26.8 Å². The highest BCUT2D eigenvalue weighted by atomic mass is 16.5. The molecule has 4 nitrogen and oxygen atoms in total. The predicted octanol–water partition coefficient (Wildman–Crippen LogP) is 2.88. The third-order valence-electron chi connectivity index (χ3n) is 2.27.